The number of nitrogen functional groups attached to an aromatic ring is 1. The molecule has 316 valence electrons. The number of carbonyl (C=O) groups excluding carboxylic acids is 4. The van der Waals surface area contributed by atoms with E-state index in [0.29, 0.717) is 84.0 Å². The third kappa shape index (κ3) is 13.1. The van der Waals surface area contributed by atoms with Gasteiger partial charge in [-0.2, -0.15) is 0 Å². The zero-order valence-electron chi connectivity index (χ0n) is 32.4. The maximum atomic E-state index is 13.5. The maximum Gasteiger partial charge on any atom is 0.410 e. The van der Waals surface area contributed by atoms with Crippen molar-refractivity contribution in [3.63, 3.8) is 0 Å². The fourth-order valence-electron chi connectivity index (χ4n) is 6.91. The molecular formula is C40H54Cl2N8O8. The molecule has 2 aromatic carbocycles. The minimum absolute atomic E-state index is 0. The topological polar surface area (TPSA) is 204 Å². The number of pyridine rings is 1. The van der Waals surface area contributed by atoms with E-state index in [0.717, 1.165) is 22.3 Å². The van der Waals surface area contributed by atoms with Crippen LogP contribution in [0.2, 0.25) is 0 Å². The molecule has 58 heavy (non-hydrogen) atoms. The van der Waals surface area contributed by atoms with Gasteiger partial charge in [-0.15, -0.1) is 24.8 Å². The molecule has 3 aliphatic rings. The van der Waals surface area contributed by atoms with Crippen LogP contribution >= 0.6 is 24.8 Å². The molecule has 0 aliphatic carbocycles. The largest absolute Gasteiger partial charge is 0.447 e. The second-order valence-corrected chi connectivity index (χ2v) is 14.2. The standard InChI is InChI=1S/C40H52N8O8.2ClH/c41-22-28-6-8-29(9-7-28)23-45-38(50)46-17-19-48(20-18-46)39(51)55-27-34-36(54-26-30-4-2-1-3-5-30)33(14-21-53-34)56-40(52)47-15-12-32(13-16-47)37(49)44-25-31-10-11-35(42)43-24-31;;/h1-11,24,32-34,36H,12-23,25-27,41H2,(H2,42,43)(H,44,49)(H,45,50);2*1H/t33-,34-,36+;;/m1../s1. The number of benzene rings is 2. The van der Waals surface area contributed by atoms with Crippen LogP contribution in [0.25, 0.3) is 0 Å². The van der Waals surface area contributed by atoms with Gasteiger partial charge in [-0.3, -0.25) is 4.79 Å². The van der Waals surface area contributed by atoms with Gasteiger partial charge in [-0.25, -0.2) is 19.4 Å². The number of urea groups is 1. The number of hydrogen-bond donors (Lipinski definition) is 4. The number of piperidine rings is 1. The average molecular weight is 846 g/mol. The number of likely N-dealkylation sites (tertiary alicyclic amines) is 1. The number of halogens is 2. The predicted molar refractivity (Wildman–Crippen MR) is 220 cm³/mol. The summed E-state index contributed by atoms with van der Waals surface area (Å²) in [4.78, 5) is 61.2. The van der Waals surface area contributed by atoms with Gasteiger partial charge in [-0.05, 0) is 41.2 Å². The Morgan fingerprint density at radius 2 is 1.38 bits per heavy atom. The number of ether oxygens (including phenoxy) is 4. The van der Waals surface area contributed by atoms with Crippen molar-refractivity contribution in [2.45, 2.75) is 63.8 Å². The molecule has 0 bridgehead atoms. The second kappa shape index (κ2) is 22.9. The van der Waals surface area contributed by atoms with Crippen molar-refractivity contribution >= 4 is 54.8 Å². The molecule has 3 aromatic rings. The highest BCUT2D eigenvalue weighted by atomic mass is 35.5. The normalized spacial score (nSPS) is 19.5. The number of aromatic nitrogens is 1. The van der Waals surface area contributed by atoms with Crippen LogP contribution in [0, 0.1) is 5.92 Å². The first kappa shape index (κ1) is 45.8. The zero-order chi connectivity index (χ0) is 39.3. The minimum Gasteiger partial charge on any atom is -0.447 e. The van der Waals surface area contributed by atoms with E-state index in [2.05, 4.69) is 15.6 Å². The molecule has 6 rings (SSSR count). The Balaban J connectivity index is 0.00000372. The minimum atomic E-state index is -0.709. The molecule has 3 fully saturated rings. The Labute approximate surface area is 351 Å². The van der Waals surface area contributed by atoms with Crippen LogP contribution in [-0.2, 0) is 50.0 Å². The Hall–Kier alpha value is -4.87. The van der Waals surface area contributed by atoms with E-state index >= 15 is 0 Å². The fraction of sp³-hybridized carbons (Fsp3) is 0.475. The summed E-state index contributed by atoms with van der Waals surface area (Å²) >= 11 is 0. The second-order valence-electron chi connectivity index (χ2n) is 14.2. The number of nitrogens with two attached hydrogens (primary N) is 2. The molecule has 0 radical (unpaired) electrons. The number of rotatable bonds is 12. The summed E-state index contributed by atoms with van der Waals surface area (Å²) in [7, 11) is 0. The van der Waals surface area contributed by atoms with E-state index in [9.17, 15) is 19.2 Å². The molecule has 0 unspecified atom stereocenters. The summed E-state index contributed by atoms with van der Waals surface area (Å²) in [5.74, 6) is 0.121. The van der Waals surface area contributed by atoms with Crippen molar-refractivity contribution in [1.82, 2.24) is 30.3 Å². The summed E-state index contributed by atoms with van der Waals surface area (Å²) in [5, 5.41) is 5.88. The summed E-state index contributed by atoms with van der Waals surface area (Å²) in [6, 6.07) is 20.7. The number of anilines is 1. The average Bonchev–Trinajstić information content (AvgIpc) is 3.24. The van der Waals surface area contributed by atoms with Gasteiger partial charge >= 0.3 is 18.2 Å². The summed E-state index contributed by atoms with van der Waals surface area (Å²) in [5.41, 5.74) is 15.1. The number of piperazine rings is 1. The van der Waals surface area contributed by atoms with E-state index in [-0.39, 0.29) is 62.5 Å². The SMILES string of the molecule is Cl.Cl.NCc1ccc(CNC(=O)N2CCN(C(=O)OC[C@H]3OCC[C@@H](OC(=O)N4CCC(C(=O)NCc5ccc(N)nc5)CC4)[C@@H]3OCc3ccccc3)CC2)cc1. The van der Waals surface area contributed by atoms with Crippen molar-refractivity contribution in [1.29, 1.82) is 0 Å². The van der Waals surface area contributed by atoms with E-state index in [1.807, 2.05) is 60.7 Å². The zero-order valence-corrected chi connectivity index (χ0v) is 34.0. The summed E-state index contributed by atoms with van der Waals surface area (Å²) in [6.07, 6.45) is -0.0193. The smallest absolute Gasteiger partial charge is 0.410 e. The predicted octanol–water partition coefficient (Wildman–Crippen LogP) is 3.84. The number of carbonyl (C=O) groups is 4. The first-order chi connectivity index (χ1) is 27.2. The van der Waals surface area contributed by atoms with Crippen molar-refractivity contribution in [3.05, 3.63) is 95.2 Å². The monoisotopic (exact) mass is 844 g/mol. The Morgan fingerprint density at radius 1 is 0.741 bits per heavy atom. The lowest BCUT2D eigenvalue weighted by Crippen LogP contribution is -2.54. The molecule has 5 amide bonds. The molecule has 3 saturated heterocycles. The fourth-order valence-corrected chi connectivity index (χ4v) is 6.91. The van der Waals surface area contributed by atoms with Crippen LogP contribution in [0.3, 0.4) is 0 Å². The number of nitrogens with one attached hydrogen (secondary N) is 2. The van der Waals surface area contributed by atoms with Crippen LogP contribution in [0.4, 0.5) is 20.2 Å². The number of hydrogen-bond acceptors (Lipinski definition) is 11. The van der Waals surface area contributed by atoms with Crippen molar-refractivity contribution in [2.24, 2.45) is 11.7 Å². The lowest BCUT2D eigenvalue weighted by Gasteiger charge is -2.39. The molecule has 0 spiro atoms. The Kier molecular flexibility index (Phi) is 18.1. The van der Waals surface area contributed by atoms with Gasteiger partial charge in [0.2, 0.25) is 5.91 Å². The Bertz CT molecular complexity index is 1750. The highest BCUT2D eigenvalue weighted by molar-refractivity contribution is 5.85. The van der Waals surface area contributed by atoms with Crippen LogP contribution < -0.4 is 22.1 Å². The lowest BCUT2D eigenvalue weighted by molar-refractivity contribution is -0.178. The molecule has 4 heterocycles. The van der Waals surface area contributed by atoms with Crippen LogP contribution in [0.1, 0.15) is 41.5 Å². The van der Waals surface area contributed by atoms with Crippen molar-refractivity contribution in [2.75, 3.05) is 58.2 Å². The molecule has 3 atom stereocenters. The first-order valence-electron chi connectivity index (χ1n) is 19.2. The highest BCUT2D eigenvalue weighted by Gasteiger charge is 2.40. The van der Waals surface area contributed by atoms with Crippen molar-refractivity contribution in [3.8, 4) is 0 Å². The van der Waals surface area contributed by atoms with Crippen molar-refractivity contribution < 1.29 is 38.1 Å². The molecule has 0 saturated carbocycles. The third-order valence-electron chi connectivity index (χ3n) is 10.3. The number of nitrogens with zero attached hydrogens (tertiary/aromatic N) is 4. The molecule has 16 nitrogen and oxygen atoms in total. The Morgan fingerprint density at radius 3 is 2.05 bits per heavy atom. The van der Waals surface area contributed by atoms with Gasteiger partial charge in [0.05, 0.1) is 13.2 Å². The van der Waals surface area contributed by atoms with E-state index in [1.165, 1.54) is 0 Å². The first-order valence-corrected chi connectivity index (χ1v) is 19.2. The summed E-state index contributed by atoms with van der Waals surface area (Å²) < 4.78 is 24.2. The van der Waals surface area contributed by atoms with Gasteiger partial charge in [-0.1, -0.05) is 60.7 Å². The summed E-state index contributed by atoms with van der Waals surface area (Å²) in [6.45, 7) is 3.70. The van der Waals surface area contributed by atoms with Gasteiger partial charge < -0.3 is 55.7 Å². The van der Waals surface area contributed by atoms with Crippen LogP contribution in [-0.4, -0.2) is 115 Å². The molecular weight excluding hydrogens is 791 g/mol. The van der Waals surface area contributed by atoms with Gasteiger partial charge in [0.15, 0.2) is 0 Å². The molecule has 1 aromatic heterocycles. The van der Waals surface area contributed by atoms with Gasteiger partial charge in [0.1, 0.15) is 30.7 Å². The molecule has 6 N–H and O–H groups in total. The van der Waals surface area contributed by atoms with E-state index in [4.69, 9.17) is 30.4 Å². The highest BCUT2D eigenvalue weighted by Crippen LogP contribution is 2.26. The number of amides is 5. The van der Waals surface area contributed by atoms with Gasteiger partial charge in [0.25, 0.3) is 0 Å². The van der Waals surface area contributed by atoms with Gasteiger partial charge in [0, 0.05) is 77.4 Å². The molecule has 3 aliphatic heterocycles. The molecule has 18 heteroatoms. The van der Waals surface area contributed by atoms with E-state index < -0.39 is 30.5 Å². The van der Waals surface area contributed by atoms with Crippen LogP contribution in [0.15, 0.2) is 72.9 Å². The quantitative estimate of drug-likeness (QED) is 0.206. The van der Waals surface area contributed by atoms with Crippen LogP contribution in [0.5, 0.6) is 0 Å². The third-order valence-corrected chi connectivity index (χ3v) is 10.3. The van der Waals surface area contributed by atoms with E-state index in [1.54, 1.807) is 27.0 Å². The lowest BCUT2D eigenvalue weighted by atomic mass is 9.96. The maximum absolute atomic E-state index is 13.5.